The number of unbranched alkanes of at least 4 members (excludes halogenated alkanes) is 21. The maximum absolute atomic E-state index is 12.8. The number of carbonyl (C=O) groups is 3. The fourth-order valence-corrected chi connectivity index (χ4v) is 7.46. The van der Waals surface area contributed by atoms with Gasteiger partial charge in [-0.15, -0.1) is 0 Å². The number of hydrogen-bond acceptors (Lipinski definition) is 6. The summed E-state index contributed by atoms with van der Waals surface area (Å²) in [7, 11) is 0. The van der Waals surface area contributed by atoms with Crippen LogP contribution in [0.25, 0.3) is 0 Å². The molecule has 0 saturated heterocycles. The largest absolute Gasteiger partial charge is 0.462 e. The number of carbonyl (C=O) groups excluding carboxylic acids is 3. The van der Waals surface area contributed by atoms with E-state index >= 15 is 0 Å². The lowest BCUT2D eigenvalue weighted by atomic mass is 10.1. The zero-order chi connectivity index (χ0) is 50.0. The number of esters is 3. The van der Waals surface area contributed by atoms with Gasteiger partial charge in [0.2, 0.25) is 0 Å². The molecule has 1 unspecified atom stereocenters. The SMILES string of the molecule is CC/C=C\C/C=C\C/C=C\C/C=C\C/C=C\C/C=C\CCCCC(=O)OCC(COC(=O)CCCCCCC/C=C\CCCC)OC(=O)CCCCCCCCCCC/C=C\C/C=C\CCCCC. The smallest absolute Gasteiger partial charge is 0.306 e. The molecule has 0 aromatic carbocycles. The summed E-state index contributed by atoms with van der Waals surface area (Å²) in [5.41, 5.74) is 0. The van der Waals surface area contributed by atoms with Crippen molar-refractivity contribution < 1.29 is 28.6 Å². The molecule has 0 spiro atoms. The van der Waals surface area contributed by atoms with Crippen LogP contribution in [0.5, 0.6) is 0 Å². The topological polar surface area (TPSA) is 78.9 Å². The molecular formula is C63H104O6. The van der Waals surface area contributed by atoms with Crippen LogP contribution >= 0.6 is 0 Å². The Bertz CT molecular complexity index is 1420. The van der Waals surface area contributed by atoms with Crippen molar-refractivity contribution >= 4 is 17.9 Å². The molecule has 0 amide bonds. The first-order chi connectivity index (χ1) is 34.0. The Morgan fingerprint density at radius 2 is 0.580 bits per heavy atom. The molecule has 0 bridgehead atoms. The van der Waals surface area contributed by atoms with Crippen molar-refractivity contribution in [3.63, 3.8) is 0 Å². The Hall–Kier alpha value is -3.93. The molecule has 0 radical (unpaired) electrons. The lowest BCUT2D eigenvalue weighted by Gasteiger charge is -2.18. The first-order valence-corrected chi connectivity index (χ1v) is 28.4. The summed E-state index contributed by atoms with van der Waals surface area (Å²) in [5.74, 6) is -0.959. The Morgan fingerprint density at radius 3 is 0.971 bits per heavy atom. The molecule has 0 aliphatic carbocycles. The molecule has 6 heteroatoms. The molecule has 0 aromatic heterocycles. The predicted molar refractivity (Wildman–Crippen MR) is 297 cm³/mol. The summed E-state index contributed by atoms with van der Waals surface area (Å²) < 4.78 is 16.8. The first-order valence-electron chi connectivity index (χ1n) is 28.4. The first kappa shape index (κ1) is 65.1. The third-order valence-electron chi connectivity index (χ3n) is 11.7. The summed E-state index contributed by atoms with van der Waals surface area (Å²) >= 11 is 0. The van der Waals surface area contributed by atoms with Gasteiger partial charge in [0.25, 0.3) is 0 Å². The highest BCUT2D eigenvalue weighted by Gasteiger charge is 2.19. The van der Waals surface area contributed by atoms with Crippen molar-refractivity contribution in [2.24, 2.45) is 0 Å². The Morgan fingerprint density at radius 1 is 0.304 bits per heavy atom. The van der Waals surface area contributed by atoms with Crippen LogP contribution < -0.4 is 0 Å². The van der Waals surface area contributed by atoms with Crippen LogP contribution in [-0.4, -0.2) is 37.2 Å². The van der Waals surface area contributed by atoms with Gasteiger partial charge in [-0.2, -0.15) is 0 Å². The average molecular weight is 958 g/mol. The molecule has 6 nitrogen and oxygen atoms in total. The molecule has 0 aliphatic rings. The minimum absolute atomic E-state index is 0.0995. The van der Waals surface area contributed by atoms with E-state index in [-0.39, 0.29) is 31.1 Å². The van der Waals surface area contributed by atoms with Crippen molar-refractivity contribution in [2.45, 2.75) is 258 Å². The summed E-state index contributed by atoms with van der Waals surface area (Å²) in [6.45, 7) is 6.41. The summed E-state index contributed by atoms with van der Waals surface area (Å²) in [6.07, 6.45) is 76.5. The van der Waals surface area contributed by atoms with E-state index in [1.165, 1.54) is 96.3 Å². The van der Waals surface area contributed by atoms with Crippen molar-refractivity contribution in [1.29, 1.82) is 0 Å². The lowest BCUT2D eigenvalue weighted by molar-refractivity contribution is -0.167. The van der Waals surface area contributed by atoms with Crippen LogP contribution in [0.1, 0.15) is 252 Å². The van der Waals surface area contributed by atoms with Gasteiger partial charge < -0.3 is 14.2 Å². The molecule has 0 fully saturated rings. The van der Waals surface area contributed by atoms with E-state index < -0.39 is 6.10 Å². The molecular weight excluding hydrogens is 853 g/mol. The highest BCUT2D eigenvalue weighted by atomic mass is 16.6. The summed E-state index contributed by atoms with van der Waals surface area (Å²) in [6, 6.07) is 0. The number of hydrogen-bond donors (Lipinski definition) is 0. The van der Waals surface area contributed by atoms with Crippen LogP contribution in [0.3, 0.4) is 0 Å². The van der Waals surface area contributed by atoms with E-state index in [1.807, 2.05) is 0 Å². The Kier molecular flexibility index (Phi) is 53.4. The van der Waals surface area contributed by atoms with Gasteiger partial charge in [-0.25, -0.2) is 0 Å². The van der Waals surface area contributed by atoms with Gasteiger partial charge in [0, 0.05) is 19.3 Å². The standard InChI is InChI=1S/C63H104O6/c1-4-7-10-13-16-19-22-24-26-28-30-31-33-34-36-38-41-44-47-50-53-56-62(65)68-59-60(58-67-61(64)55-52-49-46-43-40-21-18-15-12-9-6-3)69-63(66)57-54-51-48-45-42-39-37-35-32-29-27-25-23-20-17-14-11-8-5-2/h7,10,15-20,24-27,30-31,34,36,41,44,60H,4-6,8-9,11-14,21-23,28-29,32-33,35,37-40,42-43,45-59H2,1-3H3/b10-7-,18-15-,19-16-,20-17-,26-24-,27-25-,31-30-,36-34-,44-41-. The molecule has 1 atom stereocenters. The normalized spacial score (nSPS) is 12.9. The van der Waals surface area contributed by atoms with Gasteiger partial charge in [-0.1, -0.05) is 220 Å². The third kappa shape index (κ3) is 54.9. The van der Waals surface area contributed by atoms with E-state index in [1.54, 1.807) is 0 Å². The fourth-order valence-electron chi connectivity index (χ4n) is 7.46. The van der Waals surface area contributed by atoms with Crippen LogP contribution in [0.2, 0.25) is 0 Å². The number of allylic oxidation sites excluding steroid dienone is 18. The molecule has 0 aromatic rings. The van der Waals surface area contributed by atoms with Crippen LogP contribution in [0.4, 0.5) is 0 Å². The predicted octanol–water partition coefficient (Wildman–Crippen LogP) is 19.1. The van der Waals surface area contributed by atoms with E-state index in [2.05, 4.69) is 130 Å². The second-order valence-electron chi connectivity index (χ2n) is 18.5. The van der Waals surface area contributed by atoms with Crippen molar-refractivity contribution in [2.75, 3.05) is 13.2 Å². The van der Waals surface area contributed by atoms with Gasteiger partial charge in [0.15, 0.2) is 6.10 Å². The molecule has 0 saturated carbocycles. The van der Waals surface area contributed by atoms with Crippen LogP contribution in [-0.2, 0) is 28.6 Å². The van der Waals surface area contributed by atoms with E-state index in [9.17, 15) is 14.4 Å². The minimum Gasteiger partial charge on any atom is -0.462 e. The lowest BCUT2D eigenvalue weighted by Crippen LogP contribution is -2.30. The van der Waals surface area contributed by atoms with Crippen molar-refractivity contribution in [3.8, 4) is 0 Å². The minimum atomic E-state index is -0.803. The van der Waals surface area contributed by atoms with Gasteiger partial charge >= 0.3 is 17.9 Å². The van der Waals surface area contributed by atoms with E-state index in [0.29, 0.717) is 19.3 Å². The molecule has 392 valence electrons. The molecule has 0 rings (SSSR count). The van der Waals surface area contributed by atoms with Gasteiger partial charge in [-0.3, -0.25) is 14.4 Å². The second kappa shape index (κ2) is 56.7. The maximum Gasteiger partial charge on any atom is 0.306 e. The van der Waals surface area contributed by atoms with Gasteiger partial charge in [0.1, 0.15) is 13.2 Å². The zero-order valence-electron chi connectivity index (χ0n) is 44.8. The number of rotatable bonds is 50. The van der Waals surface area contributed by atoms with Crippen molar-refractivity contribution in [3.05, 3.63) is 109 Å². The highest BCUT2D eigenvalue weighted by molar-refractivity contribution is 5.71. The van der Waals surface area contributed by atoms with Gasteiger partial charge in [-0.05, 0) is 122 Å². The fraction of sp³-hybridized carbons (Fsp3) is 0.667. The number of ether oxygens (including phenoxy) is 3. The monoisotopic (exact) mass is 957 g/mol. The molecule has 0 aliphatic heterocycles. The maximum atomic E-state index is 12.8. The average Bonchev–Trinajstić information content (AvgIpc) is 3.35. The van der Waals surface area contributed by atoms with Crippen LogP contribution in [0, 0.1) is 0 Å². The highest BCUT2D eigenvalue weighted by Crippen LogP contribution is 2.14. The zero-order valence-corrected chi connectivity index (χ0v) is 44.8. The third-order valence-corrected chi connectivity index (χ3v) is 11.7. The molecule has 69 heavy (non-hydrogen) atoms. The Labute approximate surface area is 425 Å². The second-order valence-corrected chi connectivity index (χ2v) is 18.5. The van der Waals surface area contributed by atoms with Gasteiger partial charge in [0.05, 0.1) is 0 Å². The summed E-state index contributed by atoms with van der Waals surface area (Å²) in [4.78, 5) is 38.1. The summed E-state index contributed by atoms with van der Waals surface area (Å²) in [5, 5.41) is 0. The van der Waals surface area contributed by atoms with Crippen LogP contribution in [0.15, 0.2) is 109 Å². The van der Waals surface area contributed by atoms with Crippen molar-refractivity contribution in [1.82, 2.24) is 0 Å². The van der Waals surface area contributed by atoms with E-state index in [0.717, 1.165) is 116 Å². The Balaban J connectivity index is 4.44. The van der Waals surface area contributed by atoms with E-state index in [4.69, 9.17) is 14.2 Å². The molecule has 0 N–H and O–H groups in total. The quantitative estimate of drug-likeness (QED) is 0.0262. The molecule has 0 heterocycles.